The molecule has 1 aromatic carbocycles. The fraction of sp³-hybridized carbons (Fsp3) is 0.235. The first-order valence-corrected chi connectivity index (χ1v) is 7.74. The number of aryl methyl sites for hydroxylation is 1. The van der Waals surface area contributed by atoms with E-state index in [1.807, 2.05) is 13.0 Å². The van der Waals surface area contributed by atoms with Crippen molar-refractivity contribution in [3.63, 3.8) is 0 Å². The van der Waals surface area contributed by atoms with Crippen molar-refractivity contribution >= 4 is 17.6 Å². The fourth-order valence-corrected chi connectivity index (χ4v) is 2.12. The number of aromatic amines is 1. The van der Waals surface area contributed by atoms with E-state index in [1.165, 1.54) is 6.20 Å². The molecule has 7 heteroatoms. The minimum atomic E-state index is -0.669. The minimum Gasteiger partial charge on any atom is -0.366 e. The van der Waals surface area contributed by atoms with Crippen LogP contribution in [0.4, 0.5) is 10.5 Å². The molecule has 0 atom stereocenters. The van der Waals surface area contributed by atoms with Crippen LogP contribution in [0.15, 0.2) is 47.5 Å². The summed E-state index contributed by atoms with van der Waals surface area (Å²) in [7, 11) is 0. The Labute approximate surface area is 139 Å². The minimum absolute atomic E-state index is 0.0383. The third-order valence-electron chi connectivity index (χ3n) is 3.39. The number of aromatic nitrogens is 1. The number of anilines is 1. The van der Waals surface area contributed by atoms with Crippen molar-refractivity contribution in [2.45, 2.75) is 26.2 Å². The second-order valence-electron chi connectivity index (χ2n) is 5.23. The highest BCUT2D eigenvalue weighted by Crippen LogP contribution is 2.04. The summed E-state index contributed by atoms with van der Waals surface area (Å²) in [6.07, 6.45) is 5.35. The molecular weight excluding hydrogens is 308 g/mol. The lowest BCUT2D eigenvalue weighted by Crippen LogP contribution is -2.45. The SMILES string of the molecule is CCCCc1c[nH]cc(C(=O)NNC(=O)Nc2ccccc2)c1=O. The van der Waals surface area contributed by atoms with Crippen molar-refractivity contribution in [2.75, 3.05) is 5.32 Å². The first-order chi connectivity index (χ1) is 11.6. The van der Waals surface area contributed by atoms with E-state index in [9.17, 15) is 14.4 Å². The number of H-pyrrole nitrogens is 1. The van der Waals surface area contributed by atoms with E-state index in [-0.39, 0.29) is 11.0 Å². The van der Waals surface area contributed by atoms with Gasteiger partial charge in [0.25, 0.3) is 5.91 Å². The van der Waals surface area contributed by atoms with Crippen LogP contribution in [0.25, 0.3) is 0 Å². The monoisotopic (exact) mass is 328 g/mol. The highest BCUT2D eigenvalue weighted by atomic mass is 16.2. The van der Waals surface area contributed by atoms with E-state index in [1.54, 1.807) is 30.5 Å². The van der Waals surface area contributed by atoms with Crippen LogP contribution in [0.5, 0.6) is 0 Å². The van der Waals surface area contributed by atoms with Gasteiger partial charge in [-0.15, -0.1) is 0 Å². The van der Waals surface area contributed by atoms with Crippen molar-refractivity contribution < 1.29 is 9.59 Å². The number of hydrogen-bond donors (Lipinski definition) is 4. The van der Waals surface area contributed by atoms with Crippen molar-refractivity contribution in [3.05, 3.63) is 64.1 Å². The Bertz CT molecular complexity index is 756. The number of urea groups is 1. The van der Waals surface area contributed by atoms with E-state index in [0.29, 0.717) is 17.7 Å². The third kappa shape index (κ3) is 4.70. The van der Waals surface area contributed by atoms with Crippen molar-refractivity contribution in [2.24, 2.45) is 0 Å². The summed E-state index contributed by atoms with van der Waals surface area (Å²) in [5.41, 5.74) is 5.21. The summed E-state index contributed by atoms with van der Waals surface area (Å²) in [6.45, 7) is 2.03. The molecule has 1 heterocycles. The van der Waals surface area contributed by atoms with Gasteiger partial charge in [-0.2, -0.15) is 0 Å². The smallest absolute Gasteiger partial charge is 0.337 e. The number of para-hydroxylation sites is 1. The number of carbonyl (C=O) groups is 2. The summed E-state index contributed by atoms with van der Waals surface area (Å²) >= 11 is 0. The molecule has 0 saturated carbocycles. The Kier molecular flexibility index (Phi) is 6.13. The molecule has 0 aliphatic carbocycles. The molecule has 0 saturated heterocycles. The zero-order valence-electron chi connectivity index (χ0n) is 13.4. The molecule has 0 aliphatic heterocycles. The highest BCUT2D eigenvalue weighted by Gasteiger charge is 2.13. The normalized spacial score (nSPS) is 10.0. The van der Waals surface area contributed by atoms with Gasteiger partial charge < -0.3 is 10.3 Å². The van der Waals surface area contributed by atoms with Crippen LogP contribution in [0, 0.1) is 0 Å². The van der Waals surface area contributed by atoms with E-state index >= 15 is 0 Å². The van der Waals surface area contributed by atoms with Gasteiger partial charge in [-0.25, -0.2) is 10.2 Å². The molecule has 24 heavy (non-hydrogen) atoms. The Balaban J connectivity index is 1.95. The Morgan fingerprint density at radius 1 is 1.08 bits per heavy atom. The van der Waals surface area contributed by atoms with Crippen LogP contribution in [-0.2, 0) is 6.42 Å². The molecule has 4 N–H and O–H groups in total. The largest absolute Gasteiger partial charge is 0.366 e. The Morgan fingerprint density at radius 2 is 1.83 bits per heavy atom. The Hall–Kier alpha value is -3.09. The molecule has 0 unspecified atom stereocenters. The quantitative estimate of drug-likeness (QED) is 0.633. The maximum atomic E-state index is 12.2. The second kappa shape index (κ2) is 8.52. The number of hydrogen-bond acceptors (Lipinski definition) is 3. The summed E-state index contributed by atoms with van der Waals surface area (Å²) in [5.74, 6) is -0.669. The number of pyridine rings is 1. The molecule has 3 amide bonds. The summed E-state index contributed by atoms with van der Waals surface area (Å²) < 4.78 is 0. The predicted octanol–water partition coefficient (Wildman–Crippen LogP) is 2.18. The Morgan fingerprint density at radius 3 is 2.54 bits per heavy atom. The van der Waals surface area contributed by atoms with Crippen LogP contribution in [-0.4, -0.2) is 16.9 Å². The van der Waals surface area contributed by atoms with Crippen LogP contribution >= 0.6 is 0 Å². The van der Waals surface area contributed by atoms with Gasteiger partial charge >= 0.3 is 6.03 Å². The first kappa shape index (κ1) is 17.3. The highest BCUT2D eigenvalue weighted by molar-refractivity contribution is 5.96. The molecule has 0 spiro atoms. The number of hydrazine groups is 1. The van der Waals surface area contributed by atoms with E-state index in [0.717, 1.165) is 12.8 Å². The molecule has 2 aromatic rings. The van der Waals surface area contributed by atoms with Crippen LogP contribution in [0.3, 0.4) is 0 Å². The fourth-order valence-electron chi connectivity index (χ4n) is 2.12. The molecule has 0 fully saturated rings. The molecule has 126 valence electrons. The van der Waals surface area contributed by atoms with Crippen molar-refractivity contribution in [1.82, 2.24) is 15.8 Å². The summed E-state index contributed by atoms with van der Waals surface area (Å²) in [4.78, 5) is 38.8. The average Bonchev–Trinajstić information content (AvgIpc) is 2.59. The van der Waals surface area contributed by atoms with Gasteiger partial charge in [0, 0.05) is 23.6 Å². The molecule has 2 rings (SSSR count). The van der Waals surface area contributed by atoms with Crippen LogP contribution in [0.2, 0.25) is 0 Å². The third-order valence-corrected chi connectivity index (χ3v) is 3.39. The van der Waals surface area contributed by atoms with Gasteiger partial charge in [-0.3, -0.25) is 15.0 Å². The van der Waals surface area contributed by atoms with Gasteiger partial charge in [-0.1, -0.05) is 31.5 Å². The average molecular weight is 328 g/mol. The first-order valence-electron chi connectivity index (χ1n) is 7.74. The summed E-state index contributed by atoms with van der Waals surface area (Å²) in [6, 6.07) is 8.19. The zero-order valence-corrected chi connectivity index (χ0v) is 13.4. The molecule has 0 radical (unpaired) electrons. The van der Waals surface area contributed by atoms with E-state index in [2.05, 4.69) is 21.2 Å². The topological polar surface area (TPSA) is 103 Å². The van der Waals surface area contributed by atoms with Gasteiger partial charge in [0.1, 0.15) is 5.56 Å². The number of benzene rings is 1. The molecule has 0 aliphatic rings. The second-order valence-corrected chi connectivity index (χ2v) is 5.23. The zero-order chi connectivity index (χ0) is 17.4. The van der Waals surface area contributed by atoms with Gasteiger partial charge in [-0.05, 0) is 25.0 Å². The van der Waals surface area contributed by atoms with Crippen LogP contribution < -0.4 is 21.6 Å². The molecular formula is C17H20N4O3. The number of unbranched alkanes of at least 4 members (excludes halogenated alkanes) is 1. The molecule has 7 nitrogen and oxygen atoms in total. The number of rotatable bonds is 5. The lowest BCUT2D eigenvalue weighted by Gasteiger charge is -2.09. The lowest BCUT2D eigenvalue weighted by atomic mass is 10.1. The summed E-state index contributed by atoms with van der Waals surface area (Å²) in [5, 5.41) is 2.55. The van der Waals surface area contributed by atoms with Crippen molar-refractivity contribution in [3.8, 4) is 0 Å². The van der Waals surface area contributed by atoms with Crippen molar-refractivity contribution in [1.29, 1.82) is 0 Å². The maximum absolute atomic E-state index is 12.2. The van der Waals surface area contributed by atoms with E-state index in [4.69, 9.17) is 0 Å². The lowest BCUT2D eigenvalue weighted by molar-refractivity contribution is 0.0936. The maximum Gasteiger partial charge on any atom is 0.337 e. The number of amides is 3. The van der Waals surface area contributed by atoms with Gasteiger partial charge in [0.05, 0.1) is 0 Å². The number of carbonyl (C=O) groups excluding carboxylic acids is 2. The number of nitrogens with one attached hydrogen (secondary N) is 4. The molecule has 0 bridgehead atoms. The van der Waals surface area contributed by atoms with Gasteiger partial charge in [0.15, 0.2) is 5.43 Å². The molecule has 1 aromatic heterocycles. The standard InChI is InChI=1S/C17H20N4O3/c1-2-3-7-12-10-18-11-14(15(12)22)16(23)20-21-17(24)19-13-8-5-4-6-9-13/h4-6,8-11H,2-3,7H2,1H3,(H,18,22)(H,20,23)(H2,19,21,24). The van der Waals surface area contributed by atoms with Gasteiger partial charge in [0.2, 0.25) is 0 Å². The van der Waals surface area contributed by atoms with E-state index < -0.39 is 11.9 Å². The predicted molar refractivity (Wildman–Crippen MR) is 91.7 cm³/mol. The van der Waals surface area contributed by atoms with Crippen LogP contribution in [0.1, 0.15) is 35.7 Å².